The maximum atomic E-state index is 12.9. The standard InChI is InChI=1S/C26H32N6O3/c33-26(31-14-12-30(13-15-31)25-6-5-24-27-8-11-32(24)28-25)7-10-29-9-1-2-21(18-29)16-20-3-4-22-23(17-20)35-19-34-22/h3-6,8,11,17,21H,1-2,7,9-10,12-16,18-19H2. The number of piperazine rings is 1. The number of fused-ring (bicyclic) bond motifs is 2. The molecule has 9 heteroatoms. The molecule has 0 N–H and O–H groups in total. The molecule has 5 heterocycles. The van der Waals surface area contributed by atoms with Gasteiger partial charge in [-0.3, -0.25) is 4.79 Å². The molecule has 0 radical (unpaired) electrons. The summed E-state index contributed by atoms with van der Waals surface area (Å²) in [7, 11) is 0. The van der Waals surface area contributed by atoms with E-state index in [4.69, 9.17) is 9.47 Å². The first-order valence-corrected chi connectivity index (χ1v) is 12.7. The van der Waals surface area contributed by atoms with Crippen molar-refractivity contribution in [3.8, 4) is 11.5 Å². The number of carbonyl (C=O) groups excluding carboxylic acids is 1. The van der Waals surface area contributed by atoms with E-state index in [0.717, 1.165) is 75.2 Å². The van der Waals surface area contributed by atoms with Crippen LogP contribution in [-0.4, -0.2) is 82.9 Å². The van der Waals surface area contributed by atoms with Gasteiger partial charge in [-0.05, 0) is 61.6 Å². The van der Waals surface area contributed by atoms with Gasteiger partial charge in [0.25, 0.3) is 0 Å². The summed E-state index contributed by atoms with van der Waals surface area (Å²) in [6, 6.07) is 10.3. The van der Waals surface area contributed by atoms with Crippen LogP contribution in [0.1, 0.15) is 24.8 Å². The number of carbonyl (C=O) groups is 1. The summed E-state index contributed by atoms with van der Waals surface area (Å²) in [5, 5.41) is 4.64. The molecule has 1 atom stereocenters. The molecule has 6 rings (SSSR count). The van der Waals surface area contributed by atoms with Gasteiger partial charge in [0.2, 0.25) is 12.7 Å². The van der Waals surface area contributed by atoms with E-state index in [9.17, 15) is 4.79 Å². The Morgan fingerprint density at radius 1 is 1.03 bits per heavy atom. The Hall–Kier alpha value is -3.33. The summed E-state index contributed by atoms with van der Waals surface area (Å²) < 4.78 is 12.8. The van der Waals surface area contributed by atoms with Crippen LogP contribution in [0.2, 0.25) is 0 Å². The number of ether oxygens (including phenoxy) is 2. The van der Waals surface area contributed by atoms with Crippen molar-refractivity contribution in [3.05, 3.63) is 48.3 Å². The predicted octanol–water partition coefficient (Wildman–Crippen LogP) is 2.45. The molecule has 1 amide bonds. The van der Waals surface area contributed by atoms with Gasteiger partial charge in [-0.25, -0.2) is 9.50 Å². The molecule has 0 spiro atoms. The molecule has 184 valence electrons. The van der Waals surface area contributed by atoms with Crippen molar-refractivity contribution in [2.75, 3.05) is 57.5 Å². The average molecular weight is 477 g/mol. The minimum atomic E-state index is 0.264. The second kappa shape index (κ2) is 9.73. The highest BCUT2D eigenvalue weighted by Gasteiger charge is 2.25. The molecule has 3 aromatic rings. The highest BCUT2D eigenvalue weighted by molar-refractivity contribution is 5.76. The van der Waals surface area contributed by atoms with E-state index in [-0.39, 0.29) is 5.91 Å². The fraction of sp³-hybridized carbons (Fsp3) is 0.500. The molecule has 35 heavy (non-hydrogen) atoms. The smallest absolute Gasteiger partial charge is 0.231 e. The Labute approximate surface area is 205 Å². The lowest BCUT2D eigenvalue weighted by Crippen LogP contribution is -2.49. The summed E-state index contributed by atoms with van der Waals surface area (Å²) in [5.41, 5.74) is 2.15. The zero-order chi connectivity index (χ0) is 23.6. The van der Waals surface area contributed by atoms with E-state index in [0.29, 0.717) is 19.1 Å². The zero-order valence-corrected chi connectivity index (χ0v) is 20.0. The number of aromatic nitrogens is 3. The SMILES string of the molecule is O=C(CCN1CCCC(Cc2ccc3c(c2)OCO3)C1)N1CCN(c2ccc3nccn3n2)CC1. The fourth-order valence-corrected chi connectivity index (χ4v) is 5.49. The quantitative estimate of drug-likeness (QED) is 0.541. The number of imidazole rings is 1. The maximum Gasteiger partial charge on any atom is 0.231 e. The minimum Gasteiger partial charge on any atom is -0.454 e. The minimum absolute atomic E-state index is 0.264. The first kappa shape index (κ1) is 22.2. The molecule has 1 aromatic carbocycles. The molecular formula is C26H32N6O3. The fourth-order valence-electron chi connectivity index (χ4n) is 5.49. The van der Waals surface area contributed by atoms with Crippen molar-refractivity contribution in [2.45, 2.75) is 25.7 Å². The van der Waals surface area contributed by atoms with Gasteiger partial charge in [0, 0.05) is 58.1 Å². The van der Waals surface area contributed by atoms with E-state index >= 15 is 0 Å². The van der Waals surface area contributed by atoms with Gasteiger partial charge in [-0.15, -0.1) is 5.10 Å². The Bertz CT molecular complexity index is 1190. The molecule has 0 bridgehead atoms. The van der Waals surface area contributed by atoms with Gasteiger partial charge in [0.1, 0.15) is 5.82 Å². The molecular weight excluding hydrogens is 444 g/mol. The summed E-state index contributed by atoms with van der Waals surface area (Å²) in [5.74, 6) is 3.51. The van der Waals surface area contributed by atoms with Crippen LogP contribution in [0.25, 0.3) is 5.65 Å². The van der Waals surface area contributed by atoms with Crippen LogP contribution in [-0.2, 0) is 11.2 Å². The van der Waals surface area contributed by atoms with Crippen molar-refractivity contribution in [1.29, 1.82) is 0 Å². The first-order valence-electron chi connectivity index (χ1n) is 12.7. The number of hydrogen-bond acceptors (Lipinski definition) is 7. The Morgan fingerprint density at radius 3 is 2.83 bits per heavy atom. The van der Waals surface area contributed by atoms with Gasteiger partial charge < -0.3 is 24.2 Å². The number of hydrogen-bond donors (Lipinski definition) is 0. The molecule has 2 aromatic heterocycles. The van der Waals surface area contributed by atoms with Gasteiger partial charge in [-0.2, -0.15) is 0 Å². The van der Waals surface area contributed by atoms with Gasteiger partial charge >= 0.3 is 0 Å². The normalized spacial score (nSPS) is 20.5. The number of benzene rings is 1. The van der Waals surface area contributed by atoms with Crippen LogP contribution < -0.4 is 14.4 Å². The average Bonchev–Trinajstić information content (AvgIpc) is 3.56. The lowest BCUT2D eigenvalue weighted by molar-refractivity contribution is -0.131. The van der Waals surface area contributed by atoms with Gasteiger partial charge in [0.05, 0.1) is 0 Å². The summed E-state index contributed by atoms with van der Waals surface area (Å²) in [6.45, 7) is 6.40. The Kier molecular flexibility index (Phi) is 6.16. The van der Waals surface area contributed by atoms with E-state index in [1.807, 2.05) is 29.3 Å². The van der Waals surface area contributed by atoms with E-state index in [2.05, 4.69) is 32.0 Å². The lowest BCUT2D eigenvalue weighted by Gasteiger charge is -2.36. The molecule has 2 saturated heterocycles. The number of piperidine rings is 1. The van der Waals surface area contributed by atoms with Crippen LogP contribution >= 0.6 is 0 Å². The van der Waals surface area contributed by atoms with Gasteiger partial charge in [0.15, 0.2) is 17.1 Å². The first-order chi connectivity index (χ1) is 17.2. The van der Waals surface area contributed by atoms with Crippen LogP contribution in [0.15, 0.2) is 42.7 Å². The highest BCUT2D eigenvalue weighted by atomic mass is 16.7. The Balaban J connectivity index is 0.962. The molecule has 3 aliphatic rings. The topological polar surface area (TPSA) is 75.4 Å². The van der Waals surface area contributed by atoms with Crippen molar-refractivity contribution < 1.29 is 14.3 Å². The molecule has 3 aliphatic heterocycles. The third-order valence-corrected chi connectivity index (χ3v) is 7.40. The highest BCUT2D eigenvalue weighted by Crippen LogP contribution is 2.33. The van der Waals surface area contributed by atoms with Crippen LogP contribution in [0.5, 0.6) is 11.5 Å². The van der Waals surface area contributed by atoms with E-state index in [1.54, 1.807) is 10.7 Å². The van der Waals surface area contributed by atoms with Crippen LogP contribution in [0.3, 0.4) is 0 Å². The maximum absolute atomic E-state index is 12.9. The number of rotatable bonds is 6. The van der Waals surface area contributed by atoms with Crippen molar-refractivity contribution in [3.63, 3.8) is 0 Å². The number of anilines is 1. The predicted molar refractivity (Wildman–Crippen MR) is 132 cm³/mol. The zero-order valence-electron chi connectivity index (χ0n) is 20.0. The van der Waals surface area contributed by atoms with Gasteiger partial charge in [-0.1, -0.05) is 6.07 Å². The number of likely N-dealkylation sites (tertiary alicyclic amines) is 1. The summed E-state index contributed by atoms with van der Waals surface area (Å²) in [4.78, 5) is 23.9. The molecule has 1 unspecified atom stereocenters. The lowest BCUT2D eigenvalue weighted by atomic mass is 9.91. The second-order valence-electron chi connectivity index (χ2n) is 9.74. The van der Waals surface area contributed by atoms with Crippen LogP contribution in [0, 0.1) is 5.92 Å². The van der Waals surface area contributed by atoms with E-state index < -0.39 is 0 Å². The van der Waals surface area contributed by atoms with Crippen molar-refractivity contribution >= 4 is 17.4 Å². The number of nitrogens with zero attached hydrogens (tertiary/aromatic N) is 6. The molecule has 2 fully saturated rings. The second-order valence-corrected chi connectivity index (χ2v) is 9.74. The third kappa shape index (κ3) is 4.91. The monoisotopic (exact) mass is 476 g/mol. The summed E-state index contributed by atoms with van der Waals surface area (Å²) in [6.07, 6.45) is 7.68. The summed E-state index contributed by atoms with van der Waals surface area (Å²) >= 11 is 0. The van der Waals surface area contributed by atoms with Crippen molar-refractivity contribution in [2.24, 2.45) is 5.92 Å². The Morgan fingerprint density at radius 2 is 1.91 bits per heavy atom. The third-order valence-electron chi connectivity index (χ3n) is 7.40. The molecule has 0 aliphatic carbocycles. The molecule has 0 saturated carbocycles. The van der Waals surface area contributed by atoms with Crippen molar-refractivity contribution in [1.82, 2.24) is 24.4 Å². The molecule has 9 nitrogen and oxygen atoms in total. The number of amides is 1. The largest absolute Gasteiger partial charge is 0.454 e. The van der Waals surface area contributed by atoms with Crippen LogP contribution in [0.4, 0.5) is 5.82 Å². The van der Waals surface area contributed by atoms with E-state index in [1.165, 1.54) is 18.4 Å².